The molecular weight excluding hydrogens is 212 g/mol. The van der Waals surface area contributed by atoms with Crippen molar-refractivity contribution in [2.45, 2.75) is 39.2 Å². The highest BCUT2D eigenvalue weighted by Crippen LogP contribution is 2.37. The van der Waals surface area contributed by atoms with Crippen molar-refractivity contribution in [3.8, 4) is 0 Å². The second-order valence-electron chi connectivity index (χ2n) is 5.48. The molecule has 2 nitrogen and oxygen atoms in total. The second-order valence-corrected chi connectivity index (χ2v) is 5.48. The second kappa shape index (κ2) is 4.02. The molecule has 1 atom stereocenters. The molecule has 0 fully saturated rings. The van der Waals surface area contributed by atoms with Crippen molar-refractivity contribution in [2.24, 2.45) is 0 Å². The van der Waals surface area contributed by atoms with Gasteiger partial charge in [0.25, 0.3) is 0 Å². The first-order chi connectivity index (χ1) is 7.88. The standard InChI is InChI=1S/C15H18O2/c1-10-9-11-7-5-6-8-12(11)13(10)14(16)17-15(2,3)4/h5-9,13H,1-4H3. The monoisotopic (exact) mass is 230 g/mol. The van der Waals surface area contributed by atoms with Gasteiger partial charge >= 0.3 is 5.97 Å². The van der Waals surface area contributed by atoms with Crippen LogP contribution in [0.4, 0.5) is 0 Å². The number of ether oxygens (including phenoxy) is 1. The lowest BCUT2D eigenvalue weighted by molar-refractivity contribution is -0.155. The third-order valence-corrected chi connectivity index (χ3v) is 2.79. The molecule has 90 valence electrons. The Labute approximate surface area is 102 Å². The highest BCUT2D eigenvalue weighted by molar-refractivity contribution is 5.88. The minimum Gasteiger partial charge on any atom is -0.459 e. The summed E-state index contributed by atoms with van der Waals surface area (Å²) in [5.41, 5.74) is 2.80. The van der Waals surface area contributed by atoms with E-state index in [-0.39, 0.29) is 11.9 Å². The summed E-state index contributed by atoms with van der Waals surface area (Å²) >= 11 is 0. The number of hydrogen-bond acceptors (Lipinski definition) is 2. The molecule has 2 heteroatoms. The fourth-order valence-corrected chi connectivity index (χ4v) is 2.15. The Morgan fingerprint density at radius 1 is 1.24 bits per heavy atom. The van der Waals surface area contributed by atoms with E-state index < -0.39 is 5.60 Å². The lowest BCUT2D eigenvalue weighted by atomic mass is 9.96. The van der Waals surface area contributed by atoms with E-state index in [4.69, 9.17) is 4.74 Å². The van der Waals surface area contributed by atoms with Crippen molar-refractivity contribution in [3.05, 3.63) is 41.0 Å². The van der Waals surface area contributed by atoms with Gasteiger partial charge in [0, 0.05) is 0 Å². The Morgan fingerprint density at radius 2 is 1.88 bits per heavy atom. The van der Waals surface area contributed by atoms with Crippen molar-refractivity contribution in [1.29, 1.82) is 0 Å². The largest absolute Gasteiger partial charge is 0.459 e. The van der Waals surface area contributed by atoms with Crippen molar-refractivity contribution < 1.29 is 9.53 Å². The number of rotatable bonds is 1. The van der Waals surface area contributed by atoms with E-state index in [9.17, 15) is 4.79 Å². The van der Waals surface area contributed by atoms with Gasteiger partial charge < -0.3 is 4.74 Å². The van der Waals surface area contributed by atoms with E-state index in [0.717, 1.165) is 16.7 Å². The molecule has 1 aromatic carbocycles. The van der Waals surface area contributed by atoms with Crippen molar-refractivity contribution in [2.75, 3.05) is 0 Å². The average molecular weight is 230 g/mol. The summed E-state index contributed by atoms with van der Waals surface area (Å²) in [4.78, 5) is 12.2. The number of fused-ring (bicyclic) bond motifs is 1. The first kappa shape index (κ1) is 11.9. The van der Waals surface area contributed by atoms with Crippen LogP contribution in [-0.2, 0) is 9.53 Å². The van der Waals surface area contributed by atoms with Crippen LogP contribution < -0.4 is 0 Å². The Balaban J connectivity index is 2.29. The Morgan fingerprint density at radius 3 is 2.53 bits per heavy atom. The molecule has 0 saturated carbocycles. The van der Waals surface area contributed by atoms with Gasteiger partial charge in [0.2, 0.25) is 0 Å². The van der Waals surface area contributed by atoms with Crippen LogP contribution in [0.3, 0.4) is 0 Å². The van der Waals surface area contributed by atoms with Gasteiger partial charge in [0.1, 0.15) is 11.5 Å². The van der Waals surface area contributed by atoms with Crippen LogP contribution in [0.1, 0.15) is 44.7 Å². The maximum absolute atomic E-state index is 12.2. The normalized spacial score (nSPS) is 18.6. The molecule has 1 aliphatic carbocycles. The highest BCUT2D eigenvalue weighted by atomic mass is 16.6. The van der Waals surface area contributed by atoms with Gasteiger partial charge in [-0.3, -0.25) is 4.79 Å². The van der Waals surface area contributed by atoms with E-state index >= 15 is 0 Å². The molecule has 0 heterocycles. The molecule has 0 amide bonds. The molecule has 1 aromatic rings. The van der Waals surface area contributed by atoms with Gasteiger partial charge in [-0.05, 0) is 38.8 Å². The number of carbonyl (C=O) groups excluding carboxylic acids is 1. The van der Waals surface area contributed by atoms with E-state index in [1.54, 1.807) is 0 Å². The van der Waals surface area contributed by atoms with E-state index in [1.807, 2.05) is 52.0 Å². The summed E-state index contributed by atoms with van der Waals surface area (Å²) in [5, 5.41) is 0. The third-order valence-electron chi connectivity index (χ3n) is 2.79. The summed E-state index contributed by atoms with van der Waals surface area (Å²) in [6.07, 6.45) is 2.06. The molecule has 0 N–H and O–H groups in total. The Bertz CT molecular complexity index is 478. The van der Waals surface area contributed by atoms with Crippen molar-refractivity contribution in [1.82, 2.24) is 0 Å². The van der Waals surface area contributed by atoms with Gasteiger partial charge in [-0.2, -0.15) is 0 Å². The third kappa shape index (κ3) is 2.41. The molecule has 0 aromatic heterocycles. The summed E-state index contributed by atoms with van der Waals surface area (Å²) in [6, 6.07) is 7.98. The zero-order valence-electron chi connectivity index (χ0n) is 10.8. The lowest BCUT2D eigenvalue weighted by Gasteiger charge is -2.23. The minimum atomic E-state index is -0.436. The number of esters is 1. The molecule has 2 rings (SSSR count). The zero-order valence-corrected chi connectivity index (χ0v) is 10.8. The number of hydrogen-bond donors (Lipinski definition) is 0. The molecule has 0 spiro atoms. The van der Waals surface area contributed by atoms with Gasteiger partial charge in [-0.15, -0.1) is 0 Å². The van der Waals surface area contributed by atoms with Crippen LogP contribution in [0.2, 0.25) is 0 Å². The maximum Gasteiger partial charge on any atom is 0.318 e. The quantitative estimate of drug-likeness (QED) is 0.690. The van der Waals surface area contributed by atoms with Gasteiger partial charge in [-0.25, -0.2) is 0 Å². The SMILES string of the molecule is CC1=Cc2ccccc2C1C(=O)OC(C)(C)C. The zero-order chi connectivity index (χ0) is 12.6. The molecule has 0 saturated heterocycles. The first-order valence-corrected chi connectivity index (χ1v) is 5.88. The summed E-state index contributed by atoms with van der Waals surface area (Å²) in [7, 11) is 0. The first-order valence-electron chi connectivity index (χ1n) is 5.88. The predicted octanol–water partition coefficient (Wildman–Crippen LogP) is 3.53. The molecule has 17 heavy (non-hydrogen) atoms. The van der Waals surface area contributed by atoms with Crippen LogP contribution in [0.15, 0.2) is 29.8 Å². The van der Waals surface area contributed by atoms with Crippen LogP contribution in [0, 0.1) is 0 Å². The average Bonchev–Trinajstić information content (AvgIpc) is 2.50. The minimum absolute atomic E-state index is 0.156. The van der Waals surface area contributed by atoms with E-state index in [1.165, 1.54) is 0 Å². The summed E-state index contributed by atoms with van der Waals surface area (Å²) in [6.45, 7) is 7.66. The molecule has 1 aliphatic rings. The molecular formula is C15H18O2. The molecule has 1 unspecified atom stereocenters. The van der Waals surface area contributed by atoms with E-state index in [2.05, 4.69) is 6.08 Å². The topological polar surface area (TPSA) is 26.3 Å². The predicted molar refractivity (Wildman–Crippen MR) is 68.7 cm³/mol. The maximum atomic E-state index is 12.2. The van der Waals surface area contributed by atoms with E-state index in [0.29, 0.717) is 0 Å². The van der Waals surface area contributed by atoms with Gasteiger partial charge in [-0.1, -0.05) is 35.9 Å². The smallest absolute Gasteiger partial charge is 0.318 e. The Kier molecular flexibility index (Phi) is 2.82. The van der Waals surface area contributed by atoms with Crippen LogP contribution in [-0.4, -0.2) is 11.6 Å². The molecule has 0 bridgehead atoms. The lowest BCUT2D eigenvalue weighted by Crippen LogP contribution is -2.27. The van der Waals surface area contributed by atoms with Crippen molar-refractivity contribution >= 4 is 12.0 Å². The molecule has 0 radical (unpaired) electrons. The summed E-state index contributed by atoms with van der Waals surface area (Å²) in [5.74, 6) is -0.387. The van der Waals surface area contributed by atoms with Crippen molar-refractivity contribution in [3.63, 3.8) is 0 Å². The fourth-order valence-electron chi connectivity index (χ4n) is 2.15. The fraction of sp³-hybridized carbons (Fsp3) is 0.400. The Hall–Kier alpha value is -1.57. The highest BCUT2D eigenvalue weighted by Gasteiger charge is 2.32. The van der Waals surface area contributed by atoms with Crippen LogP contribution in [0.25, 0.3) is 6.08 Å². The van der Waals surface area contributed by atoms with Gasteiger partial charge in [0.05, 0.1) is 0 Å². The van der Waals surface area contributed by atoms with Crippen LogP contribution >= 0.6 is 0 Å². The number of benzene rings is 1. The van der Waals surface area contributed by atoms with Crippen LogP contribution in [0.5, 0.6) is 0 Å². The number of carbonyl (C=O) groups is 1. The van der Waals surface area contributed by atoms with Gasteiger partial charge in [0.15, 0.2) is 0 Å². The summed E-state index contributed by atoms with van der Waals surface area (Å²) < 4.78 is 5.47. The molecule has 0 aliphatic heterocycles.